The molecule has 142 valence electrons. The summed E-state index contributed by atoms with van der Waals surface area (Å²) < 4.78 is 26.5. The molecule has 1 atom stereocenters. The minimum atomic E-state index is -0.881. The molecule has 0 fully saturated rings. The molecular formula is C20H26F2N2OS. The highest BCUT2D eigenvalue weighted by Gasteiger charge is 2.21. The van der Waals surface area contributed by atoms with Crippen LogP contribution < -0.4 is 10.6 Å². The molecule has 0 aromatic heterocycles. The lowest BCUT2D eigenvalue weighted by Crippen LogP contribution is -2.43. The van der Waals surface area contributed by atoms with Crippen LogP contribution in [0.3, 0.4) is 0 Å². The zero-order chi connectivity index (χ0) is 18.8. The maximum atomic E-state index is 13.3. The van der Waals surface area contributed by atoms with Crippen LogP contribution in [0.5, 0.6) is 0 Å². The second kappa shape index (κ2) is 8.64. The summed E-state index contributed by atoms with van der Waals surface area (Å²) in [7, 11) is 1.64. The molecule has 0 spiro atoms. The number of hydrogen-bond acceptors (Lipinski definition) is 2. The van der Waals surface area contributed by atoms with E-state index in [0.717, 1.165) is 17.3 Å². The number of amides is 1. The van der Waals surface area contributed by atoms with Crippen LogP contribution in [0.4, 0.5) is 14.5 Å². The van der Waals surface area contributed by atoms with E-state index >= 15 is 0 Å². The first-order valence-corrected chi connectivity index (χ1v) is 8.16. The Kier molecular flexibility index (Phi) is 7.35. The molecular weight excluding hydrogens is 354 g/mol. The molecule has 2 N–H and O–H groups in total. The molecule has 0 aliphatic rings. The Bertz CT molecular complexity index is 737. The molecule has 0 saturated heterocycles. The van der Waals surface area contributed by atoms with Crippen molar-refractivity contribution in [3.63, 3.8) is 0 Å². The maximum absolute atomic E-state index is 13.3. The predicted molar refractivity (Wildman–Crippen MR) is 107 cm³/mol. The lowest BCUT2D eigenvalue weighted by atomic mass is 9.87. The molecule has 0 aliphatic heterocycles. The molecule has 0 radical (unpaired) electrons. The van der Waals surface area contributed by atoms with Crippen LogP contribution >= 0.6 is 13.5 Å². The fraction of sp³-hybridized carbons (Fsp3) is 0.350. The van der Waals surface area contributed by atoms with Crippen molar-refractivity contribution in [3.05, 3.63) is 65.2 Å². The van der Waals surface area contributed by atoms with Gasteiger partial charge in [-0.05, 0) is 47.2 Å². The van der Waals surface area contributed by atoms with Gasteiger partial charge in [0.1, 0.15) is 11.6 Å². The molecule has 6 heteroatoms. The second-order valence-electron chi connectivity index (χ2n) is 7.28. The van der Waals surface area contributed by atoms with Crippen molar-refractivity contribution in [2.45, 2.75) is 38.6 Å². The number of carbonyl (C=O) groups is 1. The van der Waals surface area contributed by atoms with Gasteiger partial charge in [0.25, 0.3) is 0 Å². The number of rotatable bonds is 4. The van der Waals surface area contributed by atoms with Crippen molar-refractivity contribution >= 4 is 25.1 Å². The zero-order valence-electron chi connectivity index (χ0n) is 15.5. The van der Waals surface area contributed by atoms with Gasteiger partial charge in [-0.15, -0.1) is 0 Å². The average Bonchev–Trinajstić information content (AvgIpc) is 2.51. The van der Waals surface area contributed by atoms with E-state index in [1.165, 1.54) is 17.0 Å². The Morgan fingerprint density at radius 1 is 1.08 bits per heavy atom. The molecule has 2 rings (SSSR count). The summed E-state index contributed by atoms with van der Waals surface area (Å²) >= 11 is 0. The van der Waals surface area contributed by atoms with Gasteiger partial charge in [-0.25, -0.2) is 8.78 Å². The summed E-state index contributed by atoms with van der Waals surface area (Å²) in [5.41, 5.74) is 8.22. The number of hydrogen-bond donors (Lipinski definition) is 1. The molecule has 0 unspecified atom stereocenters. The Morgan fingerprint density at radius 3 is 2.04 bits per heavy atom. The van der Waals surface area contributed by atoms with E-state index in [1.54, 1.807) is 7.05 Å². The number of nitrogens with two attached hydrogens (primary N) is 1. The van der Waals surface area contributed by atoms with E-state index in [4.69, 9.17) is 5.73 Å². The van der Waals surface area contributed by atoms with E-state index in [2.05, 4.69) is 20.8 Å². The minimum absolute atomic E-state index is 0. The van der Waals surface area contributed by atoms with Crippen LogP contribution in [-0.2, 0) is 16.6 Å². The van der Waals surface area contributed by atoms with Crippen LogP contribution in [0.1, 0.15) is 31.9 Å². The van der Waals surface area contributed by atoms with Gasteiger partial charge in [0, 0.05) is 18.8 Å². The summed E-state index contributed by atoms with van der Waals surface area (Å²) in [6.45, 7) is 6.35. The van der Waals surface area contributed by atoms with Crippen molar-refractivity contribution in [2.75, 3.05) is 11.9 Å². The molecule has 0 heterocycles. The molecule has 0 saturated carbocycles. The summed E-state index contributed by atoms with van der Waals surface area (Å²) in [4.78, 5) is 14.0. The monoisotopic (exact) mass is 380 g/mol. The summed E-state index contributed by atoms with van der Waals surface area (Å²) in [5.74, 6) is -1.67. The summed E-state index contributed by atoms with van der Waals surface area (Å²) in [6.07, 6.45) is 0.0674. The fourth-order valence-corrected chi connectivity index (χ4v) is 2.63. The molecule has 2 aromatic carbocycles. The lowest BCUT2D eigenvalue weighted by molar-refractivity contribution is -0.119. The molecule has 1 amide bonds. The first-order valence-electron chi connectivity index (χ1n) is 8.16. The minimum Gasteiger partial charge on any atom is -0.320 e. The third-order valence-corrected chi connectivity index (χ3v) is 4.15. The predicted octanol–water partition coefficient (Wildman–Crippen LogP) is 3.91. The first kappa shape index (κ1) is 22.1. The highest BCUT2D eigenvalue weighted by molar-refractivity contribution is 7.59. The van der Waals surface area contributed by atoms with Gasteiger partial charge in [0.15, 0.2) is 0 Å². The molecule has 0 aliphatic carbocycles. The summed E-state index contributed by atoms with van der Waals surface area (Å²) in [5, 5.41) is 0. The first-order chi connectivity index (χ1) is 11.6. The Balaban J connectivity index is 0.00000338. The smallest absolute Gasteiger partial charge is 0.243 e. The van der Waals surface area contributed by atoms with Gasteiger partial charge in [-0.1, -0.05) is 32.9 Å². The Labute approximate surface area is 160 Å². The SMILES string of the molecule is CN(C(=O)[C@@H](N)Cc1cc(F)cc(F)c1)c1ccc(C(C)(C)C)cc1.S. The van der Waals surface area contributed by atoms with E-state index in [-0.39, 0.29) is 31.2 Å². The second-order valence-corrected chi connectivity index (χ2v) is 7.28. The Morgan fingerprint density at radius 2 is 1.58 bits per heavy atom. The van der Waals surface area contributed by atoms with Gasteiger partial charge >= 0.3 is 0 Å². The number of anilines is 1. The van der Waals surface area contributed by atoms with Crippen molar-refractivity contribution < 1.29 is 13.6 Å². The van der Waals surface area contributed by atoms with Crippen LogP contribution in [0.25, 0.3) is 0 Å². The topological polar surface area (TPSA) is 46.3 Å². The lowest BCUT2D eigenvalue weighted by Gasteiger charge is -2.24. The number of halogens is 2. The van der Waals surface area contributed by atoms with Crippen molar-refractivity contribution in [3.8, 4) is 0 Å². The van der Waals surface area contributed by atoms with Crippen molar-refractivity contribution in [1.82, 2.24) is 0 Å². The number of likely N-dealkylation sites (N-methyl/N-ethyl adjacent to an activating group) is 1. The maximum Gasteiger partial charge on any atom is 0.243 e. The van der Waals surface area contributed by atoms with Gasteiger partial charge in [0.2, 0.25) is 5.91 Å². The highest BCUT2D eigenvalue weighted by atomic mass is 32.1. The number of nitrogens with zero attached hydrogens (tertiary/aromatic N) is 1. The number of benzene rings is 2. The third-order valence-electron chi connectivity index (χ3n) is 4.15. The van der Waals surface area contributed by atoms with Crippen LogP contribution in [0.2, 0.25) is 0 Å². The van der Waals surface area contributed by atoms with Gasteiger partial charge in [0.05, 0.1) is 6.04 Å². The van der Waals surface area contributed by atoms with E-state index in [1.807, 2.05) is 24.3 Å². The Hall–Kier alpha value is -1.92. The number of carbonyl (C=O) groups excluding carboxylic acids is 1. The fourth-order valence-electron chi connectivity index (χ4n) is 2.63. The van der Waals surface area contributed by atoms with Crippen LogP contribution in [0, 0.1) is 11.6 Å². The van der Waals surface area contributed by atoms with E-state index in [9.17, 15) is 13.6 Å². The molecule has 3 nitrogen and oxygen atoms in total. The zero-order valence-corrected chi connectivity index (χ0v) is 16.5. The molecule has 0 bridgehead atoms. The van der Waals surface area contributed by atoms with Gasteiger partial charge < -0.3 is 10.6 Å². The van der Waals surface area contributed by atoms with Gasteiger partial charge in [-0.3, -0.25) is 4.79 Å². The normalized spacial score (nSPS) is 12.3. The van der Waals surface area contributed by atoms with Crippen LogP contribution in [-0.4, -0.2) is 19.0 Å². The molecule has 26 heavy (non-hydrogen) atoms. The standard InChI is InChI=1S/C20H24F2N2O.H2S/c1-20(2,3)14-5-7-17(8-6-14)24(4)19(25)18(23)11-13-9-15(21)12-16(22)10-13;/h5-10,12,18H,11,23H2,1-4H3;1H2/t18-;/m0./s1. The quantitative estimate of drug-likeness (QED) is 0.874. The van der Waals surface area contributed by atoms with Gasteiger partial charge in [-0.2, -0.15) is 13.5 Å². The highest BCUT2D eigenvalue weighted by Crippen LogP contribution is 2.25. The average molecular weight is 381 g/mol. The van der Waals surface area contributed by atoms with E-state index in [0.29, 0.717) is 5.56 Å². The third kappa shape index (κ3) is 5.54. The largest absolute Gasteiger partial charge is 0.320 e. The van der Waals surface area contributed by atoms with Crippen molar-refractivity contribution in [2.24, 2.45) is 5.73 Å². The molecule has 2 aromatic rings. The summed E-state index contributed by atoms with van der Waals surface area (Å²) in [6, 6.07) is 9.98. The van der Waals surface area contributed by atoms with Crippen LogP contribution in [0.15, 0.2) is 42.5 Å². The van der Waals surface area contributed by atoms with Crippen molar-refractivity contribution in [1.29, 1.82) is 0 Å². The van der Waals surface area contributed by atoms with E-state index < -0.39 is 17.7 Å².